The Morgan fingerprint density at radius 3 is 2.59 bits per heavy atom. The number of aryl methyl sites for hydroxylation is 1. The molecule has 2 N–H and O–H groups in total. The number of ketones is 1. The zero-order valence-corrected chi connectivity index (χ0v) is 24.0. The Morgan fingerprint density at radius 1 is 1.02 bits per heavy atom. The van der Waals surface area contributed by atoms with Gasteiger partial charge in [0.1, 0.15) is 5.60 Å². The molecule has 3 aromatic carbocycles. The third-order valence-corrected chi connectivity index (χ3v) is 10.6. The van der Waals surface area contributed by atoms with Crippen LogP contribution in [0.15, 0.2) is 66.7 Å². The minimum Gasteiger partial charge on any atom is -0.493 e. The molecule has 0 saturated heterocycles. The van der Waals surface area contributed by atoms with Gasteiger partial charge in [-0.1, -0.05) is 60.7 Å². The van der Waals surface area contributed by atoms with Crippen LogP contribution in [0.5, 0.6) is 11.5 Å². The van der Waals surface area contributed by atoms with Crippen molar-refractivity contribution in [3.8, 4) is 22.6 Å². The van der Waals surface area contributed by atoms with Crippen LogP contribution in [0.2, 0.25) is 0 Å². The van der Waals surface area contributed by atoms with Crippen molar-refractivity contribution in [3.05, 3.63) is 83.4 Å². The summed E-state index contributed by atoms with van der Waals surface area (Å²) in [4.78, 5) is 13.3. The van der Waals surface area contributed by atoms with E-state index in [-0.39, 0.29) is 24.2 Å². The molecule has 41 heavy (non-hydrogen) atoms. The zero-order valence-electron chi connectivity index (χ0n) is 23.2. The lowest BCUT2D eigenvalue weighted by Gasteiger charge is -2.62. The average molecular weight is 574 g/mol. The molecule has 7 nitrogen and oxygen atoms in total. The van der Waals surface area contributed by atoms with Gasteiger partial charge in [0.2, 0.25) is 0 Å². The van der Waals surface area contributed by atoms with Crippen molar-refractivity contribution in [2.75, 3.05) is 13.7 Å². The molecule has 7 rings (SSSR count). The van der Waals surface area contributed by atoms with Gasteiger partial charge in [-0.15, -0.1) is 0 Å². The van der Waals surface area contributed by atoms with Gasteiger partial charge in [0.25, 0.3) is 0 Å². The molecule has 214 valence electrons. The first-order valence-electron chi connectivity index (χ1n) is 14.5. The SMILES string of the molecule is COc1ccc2c3c1OC1C(=O)CCC4(OS(=O)OCCCc5ccc(-c6ccccc6)cc5)C(C2)C(N)CCC314. The maximum Gasteiger partial charge on any atom is 0.305 e. The first-order chi connectivity index (χ1) is 20.0. The first kappa shape index (κ1) is 26.8. The molecule has 4 aliphatic rings. The number of Topliss-reactive ketones (excluding diaryl/α,β-unsaturated/α-hetero) is 1. The molecule has 2 saturated carbocycles. The van der Waals surface area contributed by atoms with Gasteiger partial charge >= 0.3 is 11.4 Å². The van der Waals surface area contributed by atoms with E-state index in [9.17, 15) is 9.00 Å². The van der Waals surface area contributed by atoms with Gasteiger partial charge in [-0.3, -0.25) is 13.2 Å². The summed E-state index contributed by atoms with van der Waals surface area (Å²) in [5, 5.41) is 0. The van der Waals surface area contributed by atoms with E-state index in [0.29, 0.717) is 43.8 Å². The fraction of sp³-hybridized carbons (Fsp3) is 0.424. The van der Waals surface area contributed by atoms with Gasteiger partial charge in [-0.25, -0.2) is 0 Å². The number of carbonyl (C=O) groups excluding carboxylic acids is 1. The van der Waals surface area contributed by atoms with Crippen molar-refractivity contribution < 1.29 is 26.8 Å². The largest absolute Gasteiger partial charge is 0.493 e. The molecule has 8 heteroatoms. The van der Waals surface area contributed by atoms with Crippen LogP contribution in [0.4, 0.5) is 0 Å². The second kappa shape index (κ2) is 10.3. The maximum absolute atomic E-state index is 13.4. The van der Waals surface area contributed by atoms with Crippen LogP contribution in [-0.2, 0) is 42.8 Å². The van der Waals surface area contributed by atoms with Gasteiger partial charge < -0.3 is 15.2 Å². The Balaban J connectivity index is 1.08. The van der Waals surface area contributed by atoms with E-state index in [1.807, 2.05) is 24.3 Å². The van der Waals surface area contributed by atoms with Crippen LogP contribution < -0.4 is 15.2 Å². The minimum atomic E-state index is -2.00. The lowest BCUT2D eigenvalue weighted by molar-refractivity contribution is -0.169. The average Bonchev–Trinajstić information content (AvgIpc) is 3.36. The quantitative estimate of drug-likeness (QED) is 0.360. The van der Waals surface area contributed by atoms with E-state index in [1.54, 1.807) is 7.11 Å². The highest BCUT2D eigenvalue weighted by molar-refractivity contribution is 7.75. The standard InChI is InChI=1S/C33H35NO6S/c1-37-28-14-13-24-20-25-26(34)15-17-32-29(24)30(28)39-31(32)27(35)16-18-33(25,32)40-41(36)38-19-5-6-21-9-11-23(12-10-21)22-7-3-2-4-8-22/h2-4,7-14,25-26,31H,5-6,15-20,34H2,1H3. The normalized spacial score (nSPS) is 29.9. The molecule has 2 fully saturated rings. The van der Waals surface area contributed by atoms with Crippen LogP contribution in [0.1, 0.15) is 48.8 Å². The van der Waals surface area contributed by atoms with Crippen LogP contribution in [-0.4, -0.2) is 41.5 Å². The summed E-state index contributed by atoms with van der Waals surface area (Å²) in [5.74, 6) is 1.18. The molecule has 6 atom stereocenters. The number of ether oxygens (including phenoxy) is 2. The minimum absolute atomic E-state index is 0.0505. The van der Waals surface area contributed by atoms with E-state index >= 15 is 0 Å². The molecule has 3 aliphatic carbocycles. The third kappa shape index (κ3) is 4.10. The molecule has 0 amide bonds. The second-order valence-electron chi connectivity index (χ2n) is 11.7. The van der Waals surface area contributed by atoms with Gasteiger partial charge in [0, 0.05) is 23.9 Å². The van der Waals surface area contributed by atoms with E-state index in [4.69, 9.17) is 23.6 Å². The van der Waals surface area contributed by atoms with Crippen LogP contribution in [0.3, 0.4) is 0 Å². The van der Waals surface area contributed by atoms with E-state index < -0.39 is 28.5 Å². The smallest absolute Gasteiger partial charge is 0.305 e. The van der Waals surface area contributed by atoms with Crippen LogP contribution in [0, 0.1) is 5.92 Å². The van der Waals surface area contributed by atoms with Crippen molar-refractivity contribution in [2.24, 2.45) is 11.7 Å². The van der Waals surface area contributed by atoms with Gasteiger partial charge in [0.05, 0.1) is 19.1 Å². The molecular weight excluding hydrogens is 538 g/mol. The summed E-state index contributed by atoms with van der Waals surface area (Å²) < 4.78 is 37.7. The van der Waals surface area contributed by atoms with Crippen molar-refractivity contribution in [3.63, 3.8) is 0 Å². The molecule has 6 unspecified atom stereocenters. The number of methoxy groups -OCH3 is 1. The summed E-state index contributed by atoms with van der Waals surface area (Å²) in [6.07, 6.45) is 3.59. The highest BCUT2D eigenvalue weighted by atomic mass is 32.2. The fourth-order valence-electron chi connectivity index (χ4n) is 8.03. The summed E-state index contributed by atoms with van der Waals surface area (Å²) in [7, 11) is 1.61. The number of nitrogens with two attached hydrogens (primary N) is 1. The van der Waals surface area contributed by atoms with Gasteiger partial charge in [-0.2, -0.15) is 4.21 Å². The molecule has 1 heterocycles. The lowest BCUT2D eigenvalue weighted by atomic mass is 9.45. The number of rotatable bonds is 9. The van der Waals surface area contributed by atoms with Crippen LogP contribution >= 0.6 is 0 Å². The maximum atomic E-state index is 13.4. The van der Waals surface area contributed by atoms with Crippen molar-refractivity contribution in [2.45, 2.75) is 68.1 Å². The topological polar surface area (TPSA) is 97.1 Å². The molecule has 1 spiro atoms. The van der Waals surface area contributed by atoms with E-state index in [0.717, 1.165) is 24.0 Å². The van der Waals surface area contributed by atoms with Gasteiger partial charge in [0.15, 0.2) is 23.4 Å². The Hall–Kier alpha value is -3.04. The summed E-state index contributed by atoms with van der Waals surface area (Å²) in [6, 6.07) is 22.6. The van der Waals surface area contributed by atoms with Gasteiger partial charge in [-0.05, 0) is 66.8 Å². The van der Waals surface area contributed by atoms with Crippen molar-refractivity contribution >= 4 is 17.1 Å². The molecule has 1 aliphatic heterocycles. The molecular formula is C33H35NO6S. The summed E-state index contributed by atoms with van der Waals surface area (Å²) in [5.41, 5.74) is 10.7. The fourth-order valence-corrected chi connectivity index (χ4v) is 8.93. The first-order valence-corrected chi connectivity index (χ1v) is 15.5. The number of hydrogen-bond acceptors (Lipinski definition) is 7. The Bertz CT molecular complexity index is 1490. The van der Waals surface area contributed by atoms with Crippen molar-refractivity contribution in [1.29, 1.82) is 0 Å². The Kier molecular flexibility index (Phi) is 6.77. The highest BCUT2D eigenvalue weighted by Crippen LogP contribution is 2.68. The monoisotopic (exact) mass is 573 g/mol. The molecule has 3 aromatic rings. The highest BCUT2D eigenvalue weighted by Gasteiger charge is 2.75. The lowest BCUT2D eigenvalue weighted by Crippen LogP contribution is -2.74. The predicted molar refractivity (Wildman–Crippen MR) is 156 cm³/mol. The Morgan fingerprint density at radius 2 is 1.80 bits per heavy atom. The second-order valence-corrected chi connectivity index (χ2v) is 12.6. The summed E-state index contributed by atoms with van der Waals surface area (Å²) in [6.45, 7) is 0.293. The number of benzene rings is 3. The van der Waals surface area contributed by atoms with Crippen LogP contribution in [0.25, 0.3) is 11.1 Å². The van der Waals surface area contributed by atoms with E-state index in [2.05, 4.69) is 42.5 Å². The molecule has 0 aromatic heterocycles. The third-order valence-electron chi connectivity index (χ3n) is 9.84. The van der Waals surface area contributed by atoms with E-state index in [1.165, 1.54) is 16.7 Å². The zero-order chi connectivity index (χ0) is 28.2. The van der Waals surface area contributed by atoms with Crippen molar-refractivity contribution in [1.82, 2.24) is 0 Å². The number of carbonyl (C=O) groups is 1. The summed E-state index contributed by atoms with van der Waals surface area (Å²) >= 11 is -2.00. The predicted octanol–water partition coefficient (Wildman–Crippen LogP) is 5.00. The Labute approximate surface area is 243 Å². The number of hydrogen-bond donors (Lipinski definition) is 1. The molecule has 2 bridgehead atoms. The molecule has 0 radical (unpaired) electrons.